The number of carbonyl (C=O) groups is 1. The minimum atomic E-state index is -4.38. The Morgan fingerprint density at radius 1 is 1.22 bits per heavy atom. The average molecular weight is 327 g/mol. The number of halogens is 3. The quantitative estimate of drug-likeness (QED) is 0.796. The third-order valence-electron chi connectivity index (χ3n) is 2.83. The number of aromatic nitrogens is 2. The van der Waals surface area contributed by atoms with Crippen molar-refractivity contribution in [3.63, 3.8) is 0 Å². The van der Waals surface area contributed by atoms with E-state index in [-0.39, 0.29) is 13.0 Å². The van der Waals surface area contributed by atoms with Gasteiger partial charge in [0.2, 0.25) is 5.91 Å². The fraction of sp³-hybridized carbons (Fsp3) is 0.333. The van der Waals surface area contributed by atoms with Crippen LogP contribution in [0, 0.1) is 0 Å². The molecule has 8 heteroatoms. The van der Waals surface area contributed by atoms with Crippen molar-refractivity contribution in [3.05, 3.63) is 48.2 Å². The van der Waals surface area contributed by atoms with Crippen molar-refractivity contribution in [2.45, 2.75) is 19.1 Å². The van der Waals surface area contributed by atoms with Gasteiger partial charge in [-0.05, 0) is 5.56 Å². The highest BCUT2D eigenvalue weighted by molar-refractivity contribution is 5.89. The lowest BCUT2D eigenvalue weighted by atomic mass is 10.2. The van der Waals surface area contributed by atoms with Crippen molar-refractivity contribution in [3.8, 4) is 0 Å². The molecule has 0 saturated heterocycles. The van der Waals surface area contributed by atoms with Crippen molar-refractivity contribution in [1.29, 1.82) is 0 Å². The summed E-state index contributed by atoms with van der Waals surface area (Å²) in [7, 11) is 0. The first-order chi connectivity index (χ1) is 10.9. The number of hydrogen-bond donors (Lipinski definition) is 1. The van der Waals surface area contributed by atoms with Gasteiger partial charge in [-0.1, -0.05) is 30.3 Å². The molecule has 124 valence electrons. The van der Waals surface area contributed by atoms with Crippen LogP contribution < -0.4 is 5.32 Å². The van der Waals surface area contributed by atoms with Gasteiger partial charge in [0.25, 0.3) is 0 Å². The summed E-state index contributed by atoms with van der Waals surface area (Å²) in [5.41, 5.74) is 1.06. The Morgan fingerprint density at radius 3 is 2.65 bits per heavy atom. The molecule has 0 atom stereocenters. The Labute approximate surface area is 131 Å². The number of ether oxygens (including phenoxy) is 1. The maximum atomic E-state index is 11.9. The van der Waals surface area contributed by atoms with Crippen LogP contribution in [0.5, 0.6) is 0 Å². The van der Waals surface area contributed by atoms with E-state index in [0.717, 1.165) is 5.56 Å². The third-order valence-corrected chi connectivity index (χ3v) is 2.83. The van der Waals surface area contributed by atoms with Crippen LogP contribution in [-0.4, -0.2) is 35.1 Å². The zero-order valence-electron chi connectivity index (χ0n) is 12.2. The highest BCUT2D eigenvalue weighted by Crippen LogP contribution is 2.14. The summed E-state index contributed by atoms with van der Waals surface area (Å²) < 4.78 is 41.6. The van der Waals surface area contributed by atoms with E-state index in [4.69, 9.17) is 0 Å². The summed E-state index contributed by atoms with van der Waals surface area (Å²) in [6.07, 6.45) is -2.84. The molecule has 2 rings (SSSR count). The molecule has 1 aromatic heterocycles. The van der Waals surface area contributed by atoms with E-state index < -0.39 is 18.7 Å². The fourth-order valence-corrected chi connectivity index (χ4v) is 1.84. The lowest BCUT2D eigenvalue weighted by Crippen LogP contribution is -2.20. The molecule has 0 fully saturated rings. The van der Waals surface area contributed by atoms with Gasteiger partial charge >= 0.3 is 6.18 Å². The zero-order chi connectivity index (χ0) is 16.7. The van der Waals surface area contributed by atoms with Crippen LogP contribution in [0.1, 0.15) is 12.0 Å². The van der Waals surface area contributed by atoms with Gasteiger partial charge in [-0.3, -0.25) is 9.48 Å². The number of alkyl halides is 3. The number of amides is 1. The second-order valence-corrected chi connectivity index (χ2v) is 4.85. The monoisotopic (exact) mass is 327 g/mol. The summed E-state index contributed by atoms with van der Waals surface area (Å²) in [6, 6.07) is 11.3. The van der Waals surface area contributed by atoms with Gasteiger partial charge < -0.3 is 10.1 Å². The van der Waals surface area contributed by atoms with E-state index >= 15 is 0 Å². The minimum absolute atomic E-state index is 0.165. The second kappa shape index (κ2) is 7.77. The molecule has 1 amide bonds. The topological polar surface area (TPSA) is 56.1 Å². The van der Waals surface area contributed by atoms with E-state index in [1.165, 1.54) is 0 Å². The van der Waals surface area contributed by atoms with E-state index in [1.54, 1.807) is 16.9 Å². The van der Waals surface area contributed by atoms with Gasteiger partial charge in [0, 0.05) is 12.3 Å². The molecule has 0 aliphatic rings. The van der Waals surface area contributed by atoms with Crippen molar-refractivity contribution < 1.29 is 22.7 Å². The summed E-state index contributed by atoms with van der Waals surface area (Å²) in [5.74, 6) is -0.0983. The lowest BCUT2D eigenvalue weighted by molar-refractivity contribution is -0.174. The molecule has 1 aromatic carbocycles. The number of carbonyl (C=O) groups excluding carboxylic acids is 1. The van der Waals surface area contributed by atoms with Crippen LogP contribution in [0.15, 0.2) is 42.6 Å². The molecule has 0 saturated carbocycles. The summed E-state index contributed by atoms with van der Waals surface area (Å²) in [5, 5.41) is 6.69. The number of anilines is 1. The van der Waals surface area contributed by atoms with Crippen molar-refractivity contribution >= 4 is 11.7 Å². The molecule has 5 nitrogen and oxygen atoms in total. The molecule has 0 aliphatic carbocycles. The molecule has 0 unspecified atom stereocenters. The Morgan fingerprint density at radius 2 is 1.96 bits per heavy atom. The summed E-state index contributed by atoms with van der Waals surface area (Å²) >= 11 is 0. The highest BCUT2D eigenvalue weighted by atomic mass is 19.4. The van der Waals surface area contributed by atoms with Crippen LogP contribution in [0.25, 0.3) is 0 Å². The summed E-state index contributed by atoms with van der Waals surface area (Å²) in [6.45, 7) is -1.09. The Bertz CT molecular complexity index is 626. The first-order valence-electron chi connectivity index (χ1n) is 6.94. The highest BCUT2D eigenvalue weighted by Gasteiger charge is 2.27. The number of rotatable bonds is 7. The number of nitrogens with zero attached hydrogens (tertiary/aromatic N) is 2. The average Bonchev–Trinajstić information content (AvgIpc) is 2.91. The van der Waals surface area contributed by atoms with Crippen LogP contribution in [0.4, 0.5) is 19.0 Å². The smallest absolute Gasteiger partial charge is 0.372 e. The number of benzene rings is 1. The van der Waals surface area contributed by atoms with E-state index in [0.29, 0.717) is 12.4 Å². The van der Waals surface area contributed by atoms with Crippen molar-refractivity contribution in [2.75, 3.05) is 18.5 Å². The van der Waals surface area contributed by atoms with E-state index in [9.17, 15) is 18.0 Å². The van der Waals surface area contributed by atoms with Gasteiger partial charge in [-0.15, -0.1) is 0 Å². The van der Waals surface area contributed by atoms with Gasteiger partial charge in [0.05, 0.1) is 19.6 Å². The van der Waals surface area contributed by atoms with Crippen molar-refractivity contribution in [2.24, 2.45) is 0 Å². The molecule has 0 bridgehead atoms. The number of nitrogens with one attached hydrogen (secondary N) is 1. The maximum absolute atomic E-state index is 11.9. The fourth-order valence-electron chi connectivity index (χ4n) is 1.84. The predicted octanol–water partition coefficient (Wildman–Crippen LogP) is 2.84. The Balaban J connectivity index is 1.74. The standard InChI is InChI=1S/C15H16F3N3O2/c16-15(17,18)11-23-9-7-14(22)19-13-6-8-21(20-13)10-12-4-2-1-3-5-12/h1-6,8H,7,9-11H2,(H,19,20,22). The van der Waals surface area contributed by atoms with Crippen LogP contribution in [-0.2, 0) is 16.1 Å². The molecule has 2 aromatic rings. The Hall–Kier alpha value is -2.35. The summed E-state index contributed by atoms with van der Waals surface area (Å²) in [4.78, 5) is 11.6. The molecule has 1 N–H and O–H groups in total. The van der Waals surface area contributed by atoms with Gasteiger partial charge in [0.1, 0.15) is 6.61 Å². The molecule has 23 heavy (non-hydrogen) atoms. The molecule has 1 heterocycles. The first-order valence-corrected chi connectivity index (χ1v) is 6.94. The third kappa shape index (κ3) is 6.52. The largest absolute Gasteiger partial charge is 0.411 e. The predicted molar refractivity (Wildman–Crippen MR) is 77.9 cm³/mol. The van der Waals surface area contributed by atoms with Crippen LogP contribution in [0.3, 0.4) is 0 Å². The molecule has 0 radical (unpaired) electrons. The maximum Gasteiger partial charge on any atom is 0.411 e. The second-order valence-electron chi connectivity index (χ2n) is 4.85. The minimum Gasteiger partial charge on any atom is -0.372 e. The van der Waals surface area contributed by atoms with E-state index in [2.05, 4.69) is 15.2 Å². The molecular formula is C15H16F3N3O2. The van der Waals surface area contributed by atoms with E-state index in [1.807, 2.05) is 30.3 Å². The molecule has 0 spiro atoms. The first kappa shape index (κ1) is 17.0. The van der Waals surface area contributed by atoms with Crippen molar-refractivity contribution in [1.82, 2.24) is 9.78 Å². The molecular weight excluding hydrogens is 311 g/mol. The normalized spacial score (nSPS) is 11.4. The Kier molecular flexibility index (Phi) is 5.75. The lowest BCUT2D eigenvalue weighted by Gasteiger charge is -2.07. The zero-order valence-corrected chi connectivity index (χ0v) is 12.2. The van der Waals surface area contributed by atoms with Crippen LogP contribution >= 0.6 is 0 Å². The van der Waals surface area contributed by atoms with Gasteiger partial charge in [-0.25, -0.2) is 0 Å². The van der Waals surface area contributed by atoms with Gasteiger partial charge in [0.15, 0.2) is 5.82 Å². The van der Waals surface area contributed by atoms with Crippen LogP contribution in [0.2, 0.25) is 0 Å². The van der Waals surface area contributed by atoms with Gasteiger partial charge in [-0.2, -0.15) is 18.3 Å². The number of hydrogen-bond acceptors (Lipinski definition) is 3. The SMILES string of the molecule is O=C(CCOCC(F)(F)F)Nc1ccn(Cc2ccccc2)n1. The molecule has 0 aliphatic heterocycles.